The van der Waals surface area contributed by atoms with Crippen LogP contribution in [-0.4, -0.2) is 39.4 Å². The zero-order valence-electron chi connectivity index (χ0n) is 16.9. The molecule has 1 aliphatic rings. The summed E-state index contributed by atoms with van der Waals surface area (Å²) in [5.74, 6) is 1.39. The van der Waals surface area contributed by atoms with E-state index in [1.54, 1.807) is 22.5 Å². The van der Waals surface area contributed by atoms with Crippen molar-refractivity contribution in [2.24, 2.45) is 0 Å². The van der Waals surface area contributed by atoms with Crippen molar-refractivity contribution in [1.29, 1.82) is 0 Å². The number of ether oxygens (including phenoxy) is 1. The highest BCUT2D eigenvalue weighted by atomic mass is 32.2. The molecular formula is C21H25N5O2S. The van der Waals surface area contributed by atoms with Crippen molar-refractivity contribution >= 4 is 35.1 Å². The van der Waals surface area contributed by atoms with Crippen LogP contribution in [0.5, 0.6) is 0 Å². The average Bonchev–Trinajstić information content (AvgIpc) is 3.31. The lowest BCUT2D eigenvalue weighted by Gasteiger charge is -2.21. The standard InChI is InChI=1S/C21H25N5O2S/c1-21(2,3)28-20(27)24-18-13-17(25-11-7-8-12-25)23-19-16(14-22-26(18)19)29-15-9-5-4-6-10-15/h4-6,9-10,13-14H,7-8,11-12H2,1-3H3,(H,24,27). The highest BCUT2D eigenvalue weighted by Crippen LogP contribution is 2.33. The molecule has 1 fully saturated rings. The van der Waals surface area contributed by atoms with E-state index in [4.69, 9.17) is 9.72 Å². The SMILES string of the molecule is CC(C)(C)OC(=O)Nc1cc(N2CCCC2)nc2c(Sc3ccccc3)cnn12. The number of benzene rings is 1. The van der Waals surface area contributed by atoms with Crippen molar-refractivity contribution in [2.45, 2.75) is 49.0 Å². The van der Waals surface area contributed by atoms with Gasteiger partial charge in [0.25, 0.3) is 0 Å². The first-order valence-corrected chi connectivity index (χ1v) is 10.6. The van der Waals surface area contributed by atoms with Crippen LogP contribution < -0.4 is 10.2 Å². The molecule has 0 unspecified atom stereocenters. The Morgan fingerprint density at radius 1 is 1.17 bits per heavy atom. The maximum atomic E-state index is 12.4. The Morgan fingerprint density at radius 3 is 2.59 bits per heavy atom. The topological polar surface area (TPSA) is 71.8 Å². The molecule has 1 aliphatic heterocycles. The number of nitrogens with zero attached hydrogens (tertiary/aromatic N) is 4. The van der Waals surface area contributed by atoms with Gasteiger partial charge in [-0.05, 0) is 45.7 Å². The second-order valence-corrected chi connectivity index (χ2v) is 9.10. The Balaban J connectivity index is 1.72. The molecule has 0 spiro atoms. The third kappa shape index (κ3) is 4.64. The quantitative estimate of drug-likeness (QED) is 0.663. The Hall–Kier alpha value is -2.74. The van der Waals surface area contributed by atoms with E-state index in [1.807, 2.05) is 45.0 Å². The summed E-state index contributed by atoms with van der Waals surface area (Å²) >= 11 is 1.60. The van der Waals surface area contributed by atoms with Gasteiger partial charge in [-0.1, -0.05) is 30.0 Å². The molecule has 2 aromatic heterocycles. The molecule has 1 amide bonds. The van der Waals surface area contributed by atoms with E-state index in [9.17, 15) is 4.79 Å². The monoisotopic (exact) mass is 411 g/mol. The number of hydrogen-bond acceptors (Lipinski definition) is 6. The second kappa shape index (κ2) is 7.94. The number of nitrogens with one attached hydrogen (secondary N) is 1. The smallest absolute Gasteiger partial charge is 0.413 e. The fourth-order valence-electron chi connectivity index (χ4n) is 3.22. The van der Waals surface area contributed by atoms with Crippen molar-refractivity contribution in [3.8, 4) is 0 Å². The van der Waals surface area contributed by atoms with E-state index in [2.05, 4.69) is 27.4 Å². The van der Waals surface area contributed by atoms with E-state index in [-0.39, 0.29) is 0 Å². The number of amides is 1. The summed E-state index contributed by atoms with van der Waals surface area (Å²) in [6.45, 7) is 7.45. The van der Waals surface area contributed by atoms with Crippen LogP contribution in [0.4, 0.5) is 16.4 Å². The molecule has 7 nitrogen and oxygen atoms in total. The molecule has 0 bridgehead atoms. The minimum Gasteiger partial charge on any atom is -0.444 e. The van der Waals surface area contributed by atoms with Gasteiger partial charge in [0.05, 0.1) is 11.1 Å². The summed E-state index contributed by atoms with van der Waals surface area (Å²) in [6.07, 6.45) is 3.57. The summed E-state index contributed by atoms with van der Waals surface area (Å²) in [5, 5.41) is 7.32. The number of fused-ring (bicyclic) bond motifs is 1. The predicted octanol–water partition coefficient (Wildman–Crippen LogP) is 4.83. The molecule has 4 rings (SSSR count). The van der Waals surface area contributed by atoms with Crippen molar-refractivity contribution in [3.05, 3.63) is 42.6 Å². The van der Waals surface area contributed by atoms with Crippen LogP contribution in [-0.2, 0) is 4.74 Å². The molecular weight excluding hydrogens is 386 g/mol. The Morgan fingerprint density at radius 2 is 1.90 bits per heavy atom. The number of hydrogen-bond donors (Lipinski definition) is 1. The third-order valence-corrected chi connectivity index (χ3v) is 5.47. The van der Waals surface area contributed by atoms with E-state index < -0.39 is 11.7 Å². The van der Waals surface area contributed by atoms with Crippen LogP contribution in [0.15, 0.2) is 52.4 Å². The number of aromatic nitrogens is 3. The highest BCUT2D eigenvalue weighted by Gasteiger charge is 2.21. The maximum absolute atomic E-state index is 12.4. The van der Waals surface area contributed by atoms with Crippen LogP contribution in [0.1, 0.15) is 33.6 Å². The zero-order valence-corrected chi connectivity index (χ0v) is 17.7. The van der Waals surface area contributed by atoms with Gasteiger partial charge in [0.15, 0.2) is 5.65 Å². The Kier molecular flexibility index (Phi) is 5.36. The third-order valence-electron chi connectivity index (χ3n) is 4.46. The molecule has 1 aromatic carbocycles. The number of carbonyl (C=O) groups is 1. The van der Waals surface area contributed by atoms with Gasteiger partial charge >= 0.3 is 6.09 Å². The molecule has 1 N–H and O–H groups in total. The van der Waals surface area contributed by atoms with Gasteiger partial charge in [0.1, 0.15) is 17.2 Å². The number of carbonyl (C=O) groups excluding carboxylic acids is 1. The summed E-state index contributed by atoms with van der Waals surface area (Å²) in [4.78, 5) is 21.5. The van der Waals surface area contributed by atoms with Gasteiger partial charge < -0.3 is 9.64 Å². The average molecular weight is 412 g/mol. The van der Waals surface area contributed by atoms with Gasteiger partial charge in [-0.15, -0.1) is 0 Å². The first kappa shape index (κ1) is 19.6. The van der Waals surface area contributed by atoms with Crippen LogP contribution in [0.25, 0.3) is 5.65 Å². The summed E-state index contributed by atoms with van der Waals surface area (Å²) < 4.78 is 7.09. The molecule has 8 heteroatoms. The zero-order chi connectivity index (χ0) is 20.4. The normalized spacial score (nSPS) is 14.4. The van der Waals surface area contributed by atoms with E-state index in [0.29, 0.717) is 11.5 Å². The first-order chi connectivity index (χ1) is 13.9. The highest BCUT2D eigenvalue weighted by molar-refractivity contribution is 7.99. The number of anilines is 2. The Labute approximate surface area is 174 Å². The van der Waals surface area contributed by atoms with Gasteiger partial charge in [-0.25, -0.2) is 9.78 Å². The molecule has 3 aromatic rings. The molecule has 0 atom stereocenters. The van der Waals surface area contributed by atoms with Crippen LogP contribution >= 0.6 is 11.8 Å². The minimum atomic E-state index is -0.577. The van der Waals surface area contributed by atoms with E-state index in [1.165, 1.54) is 0 Å². The first-order valence-electron chi connectivity index (χ1n) is 9.76. The molecule has 29 heavy (non-hydrogen) atoms. The van der Waals surface area contributed by atoms with Gasteiger partial charge in [0.2, 0.25) is 0 Å². The summed E-state index contributed by atoms with van der Waals surface area (Å²) in [6, 6.07) is 12.0. The molecule has 152 valence electrons. The fourth-order valence-corrected chi connectivity index (χ4v) is 4.09. The molecule has 3 heterocycles. The predicted molar refractivity (Wildman–Crippen MR) is 115 cm³/mol. The lowest BCUT2D eigenvalue weighted by atomic mass is 10.2. The second-order valence-electron chi connectivity index (χ2n) is 7.98. The van der Waals surface area contributed by atoms with Crippen molar-refractivity contribution < 1.29 is 9.53 Å². The fraction of sp³-hybridized carbons (Fsp3) is 0.381. The maximum Gasteiger partial charge on any atom is 0.413 e. The molecule has 1 saturated heterocycles. The lowest BCUT2D eigenvalue weighted by molar-refractivity contribution is 0.0635. The molecule has 0 radical (unpaired) electrons. The van der Waals surface area contributed by atoms with E-state index >= 15 is 0 Å². The van der Waals surface area contributed by atoms with Crippen molar-refractivity contribution in [1.82, 2.24) is 14.6 Å². The Bertz CT molecular complexity index is 1010. The van der Waals surface area contributed by atoms with Gasteiger partial charge in [-0.2, -0.15) is 9.61 Å². The lowest BCUT2D eigenvalue weighted by Crippen LogP contribution is -2.28. The van der Waals surface area contributed by atoms with Crippen LogP contribution in [0.3, 0.4) is 0 Å². The van der Waals surface area contributed by atoms with Gasteiger partial charge in [-0.3, -0.25) is 5.32 Å². The van der Waals surface area contributed by atoms with E-state index in [0.717, 1.165) is 41.5 Å². The molecule has 0 aliphatic carbocycles. The van der Waals surface area contributed by atoms with Crippen molar-refractivity contribution in [2.75, 3.05) is 23.3 Å². The molecule has 0 saturated carbocycles. The minimum absolute atomic E-state index is 0.509. The summed E-state index contributed by atoms with van der Waals surface area (Å²) in [5.41, 5.74) is 0.140. The van der Waals surface area contributed by atoms with Crippen LogP contribution in [0, 0.1) is 0 Å². The van der Waals surface area contributed by atoms with Crippen LogP contribution in [0.2, 0.25) is 0 Å². The van der Waals surface area contributed by atoms with Crippen molar-refractivity contribution in [3.63, 3.8) is 0 Å². The van der Waals surface area contributed by atoms with Gasteiger partial charge in [0, 0.05) is 24.1 Å². The summed E-state index contributed by atoms with van der Waals surface area (Å²) in [7, 11) is 0. The number of rotatable bonds is 4. The largest absolute Gasteiger partial charge is 0.444 e.